The van der Waals surface area contributed by atoms with Crippen LogP contribution in [-0.2, 0) is 24.9 Å². The molecule has 6 heteroatoms. The molecule has 0 radical (unpaired) electrons. The molecule has 2 aromatic rings. The zero-order valence-electron chi connectivity index (χ0n) is 11.8. The Morgan fingerprint density at radius 1 is 1.29 bits per heavy atom. The molecule has 110 valence electrons. The highest BCUT2D eigenvalue weighted by molar-refractivity contribution is 6.29. The van der Waals surface area contributed by atoms with Gasteiger partial charge in [-0.15, -0.1) is 0 Å². The molecule has 21 heavy (non-hydrogen) atoms. The second kappa shape index (κ2) is 4.70. The zero-order valence-corrected chi connectivity index (χ0v) is 12.5. The predicted octanol–water partition coefficient (Wildman–Crippen LogP) is 2.16. The minimum Gasteiger partial charge on any atom is -0.279 e. The number of aryl methyl sites for hydroxylation is 1. The number of aromatic nitrogens is 4. The van der Waals surface area contributed by atoms with Crippen LogP contribution in [-0.4, -0.2) is 19.3 Å². The van der Waals surface area contributed by atoms with Crippen molar-refractivity contribution < 1.29 is 0 Å². The lowest BCUT2D eigenvalue weighted by Crippen LogP contribution is -2.30. The lowest BCUT2D eigenvalue weighted by Gasteiger charge is -2.14. The number of nitrogens with zero attached hydrogens (tertiary/aromatic N) is 4. The van der Waals surface area contributed by atoms with E-state index in [2.05, 4.69) is 10.1 Å². The van der Waals surface area contributed by atoms with E-state index >= 15 is 0 Å². The summed E-state index contributed by atoms with van der Waals surface area (Å²) < 4.78 is 3.46. The molecule has 3 heterocycles. The van der Waals surface area contributed by atoms with E-state index in [1.807, 2.05) is 16.7 Å². The molecular weight excluding hydrogens is 288 g/mol. The first kappa shape index (κ1) is 13.1. The van der Waals surface area contributed by atoms with Gasteiger partial charge in [-0.05, 0) is 37.8 Å². The SMILES string of the molecule is O=c1n(CC2(c3cccc(Cl)n3)CC2)nc2n1CCCC2. The summed E-state index contributed by atoms with van der Waals surface area (Å²) in [6.45, 7) is 1.41. The molecule has 0 bridgehead atoms. The van der Waals surface area contributed by atoms with Gasteiger partial charge in [0.25, 0.3) is 0 Å². The topological polar surface area (TPSA) is 52.7 Å². The second-order valence-corrected chi connectivity index (χ2v) is 6.48. The van der Waals surface area contributed by atoms with E-state index in [0.717, 1.165) is 50.2 Å². The van der Waals surface area contributed by atoms with Crippen LogP contribution in [0.15, 0.2) is 23.0 Å². The summed E-state index contributed by atoms with van der Waals surface area (Å²) in [5.41, 5.74) is 0.949. The first-order valence-electron chi connectivity index (χ1n) is 7.48. The van der Waals surface area contributed by atoms with Crippen LogP contribution >= 0.6 is 11.6 Å². The van der Waals surface area contributed by atoms with E-state index in [1.165, 1.54) is 0 Å². The fraction of sp³-hybridized carbons (Fsp3) is 0.533. The molecule has 5 nitrogen and oxygen atoms in total. The van der Waals surface area contributed by atoms with Crippen LogP contribution in [0.5, 0.6) is 0 Å². The number of hydrogen-bond acceptors (Lipinski definition) is 3. The summed E-state index contributed by atoms with van der Waals surface area (Å²) in [5, 5.41) is 5.04. The van der Waals surface area contributed by atoms with Crippen LogP contribution in [0.2, 0.25) is 5.15 Å². The maximum Gasteiger partial charge on any atom is 0.345 e. The van der Waals surface area contributed by atoms with Gasteiger partial charge >= 0.3 is 5.69 Å². The fourth-order valence-corrected chi connectivity index (χ4v) is 3.35. The summed E-state index contributed by atoms with van der Waals surface area (Å²) in [7, 11) is 0. The maximum absolute atomic E-state index is 12.4. The first-order chi connectivity index (χ1) is 10.2. The summed E-state index contributed by atoms with van der Waals surface area (Å²) in [6.07, 6.45) is 5.17. The Bertz CT molecular complexity index is 744. The monoisotopic (exact) mass is 304 g/mol. The minimum absolute atomic E-state index is 0.0259. The summed E-state index contributed by atoms with van der Waals surface area (Å²) in [6, 6.07) is 5.70. The van der Waals surface area contributed by atoms with E-state index in [1.54, 1.807) is 10.7 Å². The molecule has 2 aromatic heterocycles. The van der Waals surface area contributed by atoms with Crippen molar-refractivity contribution >= 4 is 11.6 Å². The molecular formula is C15H17ClN4O. The van der Waals surface area contributed by atoms with Gasteiger partial charge in [-0.2, -0.15) is 5.10 Å². The van der Waals surface area contributed by atoms with Gasteiger partial charge in [0.15, 0.2) is 0 Å². The van der Waals surface area contributed by atoms with Crippen LogP contribution in [0, 0.1) is 0 Å². The molecule has 0 unspecified atom stereocenters. The van der Waals surface area contributed by atoms with Crippen molar-refractivity contribution in [3.8, 4) is 0 Å². The molecule has 4 rings (SSSR count). The largest absolute Gasteiger partial charge is 0.345 e. The lowest BCUT2D eigenvalue weighted by molar-refractivity contribution is 0.473. The first-order valence-corrected chi connectivity index (χ1v) is 7.85. The average molecular weight is 305 g/mol. The van der Waals surface area contributed by atoms with Crippen LogP contribution in [0.1, 0.15) is 37.2 Å². The van der Waals surface area contributed by atoms with Crippen LogP contribution < -0.4 is 5.69 Å². The Morgan fingerprint density at radius 2 is 2.14 bits per heavy atom. The molecule has 0 aromatic carbocycles. The molecule has 1 fully saturated rings. The van der Waals surface area contributed by atoms with Gasteiger partial charge in [0.05, 0.1) is 12.2 Å². The Hall–Kier alpha value is -1.62. The predicted molar refractivity (Wildman–Crippen MR) is 79.6 cm³/mol. The van der Waals surface area contributed by atoms with Gasteiger partial charge in [-0.3, -0.25) is 4.57 Å². The van der Waals surface area contributed by atoms with Crippen LogP contribution in [0.4, 0.5) is 0 Å². The molecule has 0 amide bonds. The summed E-state index contributed by atoms with van der Waals surface area (Å²) >= 11 is 6.00. The van der Waals surface area contributed by atoms with E-state index < -0.39 is 0 Å². The van der Waals surface area contributed by atoms with Gasteiger partial charge < -0.3 is 0 Å². The molecule has 1 saturated carbocycles. The van der Waals surface area contributed by atoms with E-state index in [-0.39, 0.29) is 11.1 Å². The van der Waals surface area contributed by atoms with Gasteiger partial charge in [0, 0.05) is 18.4 Å². The number of rotatable bonds is 3. The van der Waals surface area contributed by atoms with Crippen LogP contribution in [0.25, 0.3) is 0 Å². The van der Waals surface area contributed by atoms with Crippen molar-refractivity contribution in [3.63, 3.8) is 0 Å². The van der Waals surface area contributed by atoms with E-state index in [0.29, 0.717) is 11.7 Å². The molecule has 0 N–H and O–H groups in total. The van der Waals surface area contributed by atoms with Gasteiger partial charge in [-0.1, -0.05) is 17.7 Å². The second-order valence-electron chi connectivity index (χ2n) is 6.09. The number of pyridine rings is 1. The Balaban J connectivity index is 1.67. The third-order valence-corrected chi connectivity index (χ3v) is 4.81. The van der Waals surface area contributed by atoms with E-state index in [4.69, 9.17) is 11.6 Å². The van der Waals surface area contributed by atoms with Crippen LogP contribution in [0.3, 0.4) is 0 Å². The Labute approximate surface area is 127 Å². The minimum atomic E-state index is -0.0563. The molecule has 1 aliphatic carbocycles. The van der Waals surface area contributed by atoms with E-state index in [9.17, 15) is 4.79 Å². The van der Waals surface area contributed by atoms with Crippen molar-refractivity contribution in [2.24, 2.45) is 0 Å². The number of hydrogen-bond donors (Lipinski definition) is 0. The molecule has 2 aliphatic rings. The summed E-state index contributed by atoms with van der Waals surface area (Å²) in [4.78, 5) is 16.9. The smallest absolute Gasteiger partial charge is 0.279 e. The van der Waals surface area contributed by atoms with Crippen molar-refractivity contribution in [1.29, 1.82) is 0 Å². The zero-order chi connectivity index (χ0) is 14.4. The fourth-order valence-electron chi connectivity index (χ4n) is 3.19. The Morgan fingerprint density at radius 3 is 2.86 bits per heavy atom. The third-order valence-electron chi connectivity index (χ3n) is 4.60. The maximum atomic E-state index is 12.4. The molecule has 1 aliphatic heterocycles. The molecule has 0 saturated heterocycles. The highest BCUT2D eigenvalue weighted by atomic mass is 35.5. The van der Waals surface area contributed by atoms with Crippen molar-refractivity contribution in [3.05, 3.63) is 45.4 Å². The van der Waals surface area contributed by atoms with Gasteiger partial charge in [-0.25, -0.2) is 14.5 Å². The standard InChI is InChI=1S/C15H17ClN4O/c16-12-5-3-4-11(17-12)15(7-8-15)10-20-14(21)19-9-2-1-6-13(19)18-20/h3-5H,1-2,6-10H2. The molecule has 0 spiro atoms. The highest BCUT2D eigenvalue weighted by Crippen LogP contribution is 2.48. The quantitative estimate of drug-likeness (QED) is 0.817. The van der Waals surface area contributed by atoms with Gasteiger partial charge in [0.1, 0.15) is 11.0 Å². The van der Waals surface area contributed by atoms with Crippen molar-refractivity contribution in [2.45, 2.75) is 50.6 Å². The third kappa shape index (κ3) is 2.20. The summed E-state index contributed by atoms with van der Waals surface area (Å²) in [5.74, 6) is 0.932. The van der Waals surface area contributed by atoms with Crippen molar-refractivity contribution in [2.75, 3.05) is 0 Å². The normalized spacial score (nSPS) is 19.3. The number of fused-ring (bicyclic) bond motifs is 1. The highest BCUT2D eigenvalue weighted by Gasteiger charge is 2.47. The number of halogens is 1. The lowest BCUT2D eigenvalue weighted by atomic mass is 10.0. The van der Waals surface area contributed by atoms with Crippen molar-refractivity contribution in [1.82, 2.24) is 19.3 Å². The van der Waals surface area contributed by atoms with Gasteiger partial charge in [0.2, 0.25) is 0 Å². The average Bonchev–Trinajstić information content (AvgIpc) is 3.21. The Kier molecular flexibility index (Phi) is 2.92. The molecule has 0 atom stereocenters.